The first-order valence-electron chi connectivity index (χ1n) is 8.64. The molecule has 0 aliphatic carbocycles. The summed E-state index contributed by atoms with van der Waals surface area (Å²) in [5.41, 5.74) is -2.40. The van der Waals surface area contributed by atoms with E-state index in [1.165, 1.54) is 4.74 Å². The van der Waals surface area contributed by atoms with E-state index >= 15 is 0 Å². The van der Waals surface area contributed by atoms with Crippen LogP contribution in [0.4, 0.5) is 86.0 Å². The Morgan fingerprint density at radius 2 is 1.21 bits per heavy atom. The van der Waals surface area contributed by atoms with Gasteiger partial charge < -0.3 is 5.32 Å². The zero-order valence-corrected chi connectivity index (χ0v) is 17.2. The third-order valence-corrected chi connectivity index (χ3v) is 3.97. The Balaban J connectivity index is 3.64. The zero-order valence-electron chi connectivity index (χ0n) is 17.2. The van der Waals surface area contributed by atoms with Crippen LogP contribution < -0.4 is 5.32 Å². The Morgan fingerprint density at radius 3 is 1.59 bits per heavy atom. The lowest BCUT2D eigenvalue weighted by atomic mass is 10.2. The summed E-state index contributed by atoms with van der Waals surface area (Å²) < 4.78 is 226. The van der Waals surface area contributed by atoms with Gasteiger partial charge in [0, 0.05) is 17.8 Å². The average molecular weight is 616 g/mol. The molecule has 0 aromatic heterocycles. The van der Waals surface area contributed by atoms with Gasteiger partial charge in [-0.05, 0) is 6.07 Å². The Morgan fingerprint density at radius 1 is 0.718 bits per heavy atom. The van der Waals surface area contributed by atoms with Crippen LogP contribution in [0, 0.1) is 10.1 Å². The lowest BCUT2D eigenvalue weighted by Crippen LogP contribution is -2.68. The first-order chi connectivity index (χ1) is 17.0. The highest BCUT2D eigenvalue weighted by molar-refractivity contribution is 5.97. The van der Waals surface area contributed by atoms with Crippen LogP contribution in [0.2, 0.25) is 0 Å². The minimum Gasteiger partial charge on any atom is -0.321 e. The number of amides is 1. The van der Waals surface area contributed by atoms with Gasteiger partial charge in [-0.3, -0.25) is 24.4 Å². The van der Waals surface area contributed by atoms with Crippen LogP contribution in [0.1, 0.15) is 0 Å². The topological polar surface area (TPSA) is 90.7 Å². The summed E-state index contributed by atoms with van der Waals surface area (Å²) in [6.45, 7) is 0. The van der Waals surface area contributed by atoms with Gasteiger partial charge in [-0.15, -0.1) is 0 Å². The highest BCUT2D eigenvalue weighted by Crippen LogP contribution is 2.56. The van der Waals surface area contributed by atoms with Crippen molar-refractivity contribution in [3.05, 3.63) is 34.4 Å². The fraction of sp³-hybridized carbons (Fsp3) is 0.533. The first-order valence-corrected chi connectivity index (χ1v) is 8.64. The molecule has 1 N–H and O–H groups in total. The smallest absolute Gasteiger partial charge is 0.321 e. The summed E-state index contributed by atoms with van der Waals surface area (Å²) in [6, 6.07) is 1.58. The monoisotopic (exact) mass is 616 g/mol. The number of halogens is 17. The summed E-state index contributed by atoms with van der Waals surface area (Å²) >= 11 is 0. The zero-order chi connectivity index (χ0) is 31.3. The molecule has 0 radical (unpaired) electrons. The number of carbonyl (C=O) groups excluding carboxylic acids is 1. The van der Waals surface area contributed by atoms with Gasteiger partial charge in [0.15, 0.2) is 0 Å². The van der Waals surface area contributed by atoms with Gasteiger partial charge in [0.25, 0.3) is 11.6 Å². The van der Waals surface area contributed by atoms with Crippen molar-refractivity contribution in [2.75, 3.05) is 5.32 Å². The van der Waals surface area contributed by atoms with E-state index in [-0.39, 0.29) is 6.07 Å². The number of carbonyl (C=O) groups is 1. The molecule has 0 bridgehead atoms. The fourth-order valence-electron chi connectivity index (χ4n) is 2.07. The molecular formula is C15H5F17N2O5. The standard InChI is InChI=1S/C15H5F17N2O5/c16-8(11(20,21)22,7(35)33-5-2-1-3-6(4-5)34(36)37)38-15(31,32)10(19,13(26,27)28)39-14(29,30)9(17,18)12(23,24)25/h1-4H,(H,33,35)/t8-,10+/m1/s1. The van der Waals surface area contributed by atoms with Crippen molar-refractivity contribution in [1.82, 2.24) is 0 Å². The number of ether oxygens (including phenoxy) is 2. The van der Waals surface area contributed by atoms with Crippen molar-refractivity contribution < 1.29 is 93.8 Å². The second-order valence-electron chi connectivity index (χ2n) is 6.76. The van der Waals surface area contributed by atoms with E-state index in [1.807, 2.05) is 4.74 Å². The number of nitro groups is 1. The van der Waals surface area contributed by atoms with Crippen LogP contribution >= 0.6 is 0 Å². The summed E-state index contributed by atoms with van der Waals surface area (Å²) in [5, 5.41) is 11.2. The SMILES string of the molecule is O=C(Nc1cccc([N+](=O)[O-])c1)[C@@](F)(OC(F)(F)[C@@](F)(OC(F)(F)C(F)(F)C(F)(F)F)C(F)(F)F)C(F)(F)F. The van der Waals surface area contributed by atoms with E-state index in [0.717, 1.165) is 0 Å². The minimum atomic E-state index is -8.15. The van der Waals surface area contributed by atoms with Gasteiger partial charge in [0.2, 0.25) is 0 Å². The van der Waals surface area contributed by atoms with E-state index in [1.54, 1.807) is 0 Å². The highest BCUT2D eigenvalue weighted by atomic mass is 19.4. The van der Waals surface area contributed by atoms with Crippen LogP contribution in [0.5, 0.6) is 0 Å². The summed E-state index contributed by atoms with van der Waals surface area (Å²) in [6.07, 6.45) is -39.0. The third-order valence-electron chi connectivity index (χ3n) is 3.97. The number of anilines is 1. The summed E-state index contributed by atoms with van der Waals surface area (Å²) in [4.78, 5) is 21.0. The van der Waals surface area contributed by atoms with Gasteiger partial charge in [-0.1, -0.05) is 6.07 Å². The van der Waals surface area contributed by atoms with E-state index in [2.05, 4.69) is 0 Å². The molecule has 1 rings (SSSR count). The fourth-order valence-corrected chi connectivity index (χ4v) is 2.07. The number of hydrogen-bond acceptors (Lipinski definition) is 5. The minimum absolute atomic E-state index is 0.0882. The van der Waals surface area contributed by atoms with E-state index in [9.17, 15) is 89.5 Å². The maximum atomic E-state index is 14.4. The number of hydrogen-bond donors (Lipinski definition) is 1. The number of nitrogens with one attached hydrogen (secondary N) is 1. The van der Waals surface area contributed by atoms with Crippen molar-refractivity contribution in [2.24, 2.45) is 0 Å². The van der Waals surface area contributed by atoms with Gasteiger partial charge >= 0.3 is 48.4 Å². The van der Waals surface area contributed by atoms with Gasteiger partial charge in [-0.25, -0.2) is 0 Å². The molecule has 7 nitrogen and oxygen atoms in total. The number of rotatable bonds is 9. The predicted octanol–water partition coefficient (Wildman–Crippen LogP) is 6.41. The van der Waals surface area contributed by atoms with Crippen LogP contribution in [-0.2, 0) is 14.3 Å². The number of benzene rings is 1. The van der Waals surface area contributed by atoms with Gasteiger partial charge in [-0.2, -0.15) is 74.6 Å². The molecular weight excluding hydrogens is 611 g/mol. The van der Waals surface area contributed by atoms with Crippen LogP contribution in [0.3, 0.4) is 0 Å². The number of alkyl halides is 17. The number of nitro benzene ring substituents is 1. The normalized spacial score (nSPS) is 17.3. The van der Waals surface area contributed by atoms with Crippen LogP contribution in [0.25, 0.3) is 0 Å². The summed E-state index contributed by atoms with van der Waals surface area (Å²) in [5.74, 6) is -26.7. The Kier molecular flexibility index (Phi) is 8.49. The van der Waals surface area contributed by atoms with E-state index in [4.69, 9.17) is 0 Å². The molecule has 2 atom stereocenters. The molecule has 0 fully saturated rings. The summed E-state index contributed by atoms with van der Waals surface area (Å²) in [7, 11) is 0. The lowest BCUT2D eigenvalue weighted by Gasteiger charge is -2.40. The maximum Gasteiger partial charge on any atom is 0.462 e. The maximum absolute atomic E-state index is 14.4. The van der Waals surface area contributed by atoms with E-state index in [0.29, 0.717) is 23.5 Å². The Bertz CT molecular complexity index is 1090. The molecule has 1 aromatic carbocycles. The first kappa shape index (κ1) is 33.8. The van der Waals surface area contributed by atoms with Gasteiger partial charge in [0.05, 0.1) is 4.92 Å². The molecule has 0 aliphatic rings. The van der Waals surface area contributed by atoms with Crippen molar-refractivity contribution in [3.8, 4) is 0 Å². The second kappa shape index (κ2) is 9.78. The molecule has 224 valence electrons. The molecule has 39 heavy (non-hydrogen) atoms. The molecule has 0 aliphatic heterocycles. The average Bonchev–Trinajstić information content (AvgIpc) is 2.70. The molecule has 0 saturated carbocycles. The second-order valence-corrected chi connectivity index (χ2v) is 6.76. The number of nitrogens with zero attached hydrogens (tertiary/aromatic N) is 1. The predicted molar refractivity (Wildman–Crippen MR) is 84.6 cm³/mol. The number of non-ortho nitro benzene ring substituents is 1. The molecule has 0 spiro atoms. The van der Waals surface area contributed by atoms with Crippen molar-refractivity contribution in [3.63, 3.8) is 0 Å². The largest absolute Gasteiger partial charge is 0.462 e. The third kappa shape index (κ3) is 6.19. The lowest BCUT2D eigenvalue weighted by molar-refractivity contribution is -0.548. The van der Waals surface area contributed by atoms with Gasteiger partial charge in [0.1, 0.15) is 0 Å². The molecule has 0 heterocycles. The van der Waals surface area contributed by atoms with Crippen LogP contribution in [0.15, 0.2) is 24.3 Å². The Labute approximate surface area is 200 Å². The molecule has 1 aromatic rings. The quantitative estimate of drug-likeness (QED) is 0.197. The molecule has 0 saturated heterocycles. The van der Waals surface area contributed by atoms with Crippen molar-refractivity contribution in [1.29, 1.82) is 0 Å². The molecule has 1 amide bonds. The molecule has 0 unspecified atom stereocenters. The Hall–Kier alpha value is -3.18. The van der Waals surface area contributed by atoms with Crippen molar-refractivity contribution in [2.45, 2.75) is 48.4 Å². The van der Waals surface area contributed by atoms with E-state index < -0.39 is 70.6 Å². The van der Waals surface area contributed by atoms with Crippen molar-refractivity contribution >= 4 is 17.3 Å². The van der Waals surface area contributed by atoms with Crippen LogP contribution in [-0.4, -0.2) is 59.2 Å². The highest BCUT2D eigenvalue weighted by Gasteiger charge is 2.85. The molecule has 24 heteroatoms.